The minimum atomic E-state index is -0.365. The first-order valence-corrected chi connectivity index (χ1v) is 8.58. The molecule has 1 saturated carbocycles. The van der Waals surface area contributed by atoms with Gasteiger partial charge in [0.2, 0.25) is 6.29 Å². The first kappa shape index (κ1) is 15.3. The van der Waals surface area contributed by atoms with E-state index in [-0.39, 0.29) is 30.0 Å². The Morgan fingerprint density at radius 2 is 1.83 bits per heavy atom. The van der Waals surface area contributed by atoms with Crippen LogP contribution < -0.4 is 0 Å². The van der Waals surface area contributed by atoms with Crippen LogP contribution in [0.5, 0.6) is 0 Å². The average Bonchev–Trinajstić information content (AvgIpc) is 3.30. The van der Waals surface area contributed by atoms with Crippen molar-refractivity contribution in [1.82, 2.24) is 0 Å². The van der Waals surface area contributed by atoms with Crippen molar-refractivity contribution in [3.8, 4) is 0 Å². The van der Waals surface area contributed by atoms with Gasteiger partial charge in [0.05, 0.1) is 13.0 Å². The van der Waals surface area contributed by atoms with Crippen LogP contribution in [0.25, 0.3) is 5.57 Å². The lowest BCUT2D eigenvalue weighted by Gasteiger charge is -2.39. The van der Waals surface area contributed by atoms with E-state index < -0.39 is 0 Å². The summed E-state index contributed by atoms with van der Waals surface area (Å²) in [5.41, 5.74) is 2.59. The van der Waals surface area contributed by atoms with Gasteiger partial charge in [-0.25, -0.2) is 0 Å². The maximum Gasteiger partial charge on any atom is 0.309 e. The number of carbonyl (C=O) groups is 1. The summed E-state index contributed by atoms with van der Waals surface area (Å²) in [7, 11) is 1.47. The lowest BCUT2D eigenvalue weighted by atomic mass is 9.67. The quantitative estimate of drug-likeness (QED) is 0.794. The Labute approximate surface area is 142 Å². The van der Waals surface area contributed by atoms with Gasteiger partial charge in [-0.1, -0.05) is 36.4 Å². The monoisotopic (exact) mass is 326 g/mol. The average molecular weight is 326 g/mol. The highest BCUT2D eigenvalue weighted by atomic mass is 16.7. The van der Waals surface area contributed by atoms with Crippen molar-refractivity contribution < 1.29 is 19.0 Å². The number of allylic oxidation sites excluding steroid dienone is 2. The minimum Gasteiger partial charge on any atom is -0.469 e. The fraction of sp³-hybridized carbons (Fsp3) is 0.450. The molecule has 24 heavy (non-hydrogen) atoms. The minimum absolute atomic E-state index is 0.0391. The number of methoxy groups -OCH3 is 1. The zero-order valence-electron chi connectivity index (χ0n) is 13.8. The fourth-order valence-corrected chi connectivity index (χ4v) is 4.54. The smallest absolute Gasteiger partial charge is 0.309 e. The Morgan fingerprint density at radius 1 is 1.08 bits per heavy atom. The first-order valence-electron chi connectivity index (χ1n) is 8.58. The van der Waals surface area contributed by atoms with E-state index in [0.717, 1.165) is 19.3 Å². The van der Waals surface area contributed by atoms with Crippen LogP contribution >= 0.6 is 0 Å². The van der Waals surface area contributed by atoms with Crippen LogP contribution in [0.1, 0.15) is 24.8 Å². The van der Waals surface area contributed by atoms with E-state index in [1.54, 1.807) is 12.5 Å². The van der Waals surface area contributed by atoms with E-state index >= 15 is 0 Å². The molecule has 2 aliphatic carbocycles. The van der Waals surface area contributed by atoms with Gasteiger partial charge in [-0.3, -0.25) is 4.79 Å². The third-order valence-electron chi connectivity index (χ3n) is 5.63. The van der Waals surface area contributed by atoms with Gasteiger partial charge in [0.1, 0.15) is 12.5 Å². The summed E-state index contributed by atoms with van der Waals surface area (Å²) in [6.45, 7) is 0. The molecule has 1 aliphatic heterocycles. The van der Waals surface area contributed by atoms with Crippen molar-refractivity contribution in [2.45, 2.75) is 25.6 Å². The summed E-state index contributed by atoms with van der Waals surface area (Å²) in [6.07, 6.45) is 8.00. The predicted molar refractivity (Wildman–Crippen MR) is 89.3 cm³/mol. The summed E-state index contributed by atoms with van der Waals surface area (Å²) in [4.78, 5) is 12.5. The molecular weight excluding hydrogens is 304 g/mol. The van der Waals surface area contributed by atoms with Crippen molar-refractivity contribution in [3.63, 3.8) is 0 Å². The summed E-state index contributed by atoms with van der Waals surface area (Å²) >= 11 is 0. The number of hydrogen-bond acceptors (Lipinski definition) is 4. The number of hydrogen-bond donors (Lipinski definition) is 0. The summed E-state index contributed by atoms with van der Waals surface area (Å²) < 4.78 is 16.2. The molecule has 0 bridgehead atoms. The van der Waals surface area contributed by atoms with Gasteiger partial charge in [-0.05, 0) is 42.2 Å². The lowest BCUT2D eigenvalue weighted by Crippen LogP contribution is -2.43. The Hall–Kier alpha value is -2.23. The molecule has 0 spiro atoms. The standard InChI is InChI=1S/C20H22O4/c1-22-19(21)18-16(20-23-9-10-24-20)8-7-14-11-15(12-17(14)18)13-5-3-2-4-6-13/h2-6,9-11,14,16-18,20H,7-8,12H2,1H3/t14-,16?,17+,18+/m0/s1. The van der Waals surface area contributed by atoms with E-state index in [9.17, 15) is 4.79 Å². The fourth-order valence-electron chi connectivity index (χ4n) is 4.54. The molecule has 1 aromatic rings. The molecule has 0 aromatic heterocycles. The van der Waals surface area contributed by atoms with Gasteiger partial charge >= 0.3 is 5.97 Å². The molecule has 0 radical (unpaired) electrons. The topological polar surface area (TPSA) is 44.8 Å². The number of rotatable bonds is 3. The zero-order chi connectivity index (χ0) is 16.5. The van der Waals surface area contributed by atoms with Crippen LogP contribution in [-0.4, -0.2) is 19.4 Å². The first-order chi connectivity index (χ1) is 11.8. The molecule has 0 N–H and O–H groups in total. The van der Waals surface area contributed by atoms with E-state index in [0.29, 0.717) is 5.92 Å². The molecule has 1 unspecified atom stereocenters. The second kappa shape index (κ2) is 6.34. The number of esters is 1. The molecule has 0 amide bonds. The molecular formula is C20H22O4. The molecule has 4 rings (SSSR count). The van der Waals surface area contributed by atoms with Gasteiger partial charge in [0, 0.05) is 5.92 Å². The van der Waals surface area contributed by atoms with E-state index in [1.165, 1.54) is 18.2 Å². The van der Waals surface area contributed by atoms with E-state index in [2.05, 4.69) is 30.3 Å². The van der Waals surface area contributed by atoms with Crippen molar-refractivity contribution >= 4 is 11.5 Å². The largest absolute Gasteiger partial charge is 0.469 e. The molecule has 1 heterocycles. The van der Waals surface area contributed by atoms with Crippen LogP contribution in [-0.2, 0) is 19.0 Å². The molecule has 1 aromatic carbocycles. The lowest BCUT2D eigenvalue weighted by molar-refractivity contribution is -0.164. The Bertz CT molecular complexity index is 655. The van der Waals surface area contributed by atoms with Crippen LogP contribution in [0.2, 0.25) is 0 Å². The Balaban J connectivity index is 1.59. The molecule has 4 atom stereocenters. The van der Waals surface area contributed by atoms with Crippen molar-refractivity contribution in [2.24, 2.45) is 23.7 Å². The third kappa shape index (κ3) is 2.60. The van der Waals surface area contributed by atoms with E-state index in [1.807, 2.05) is 6.07 Å². The SMILES string of the molecule is COC(=O)[C@@H]1C(C2OC=CO2)CC[C@H]2C=C(c3ccccc3)C[C@H]21. The second-order valence-corrected chi connectivity index (χ2v) is 6.79. The van der Waals surface area contributed by atoms with Gasteiger partial charge in [0.25, 0.3) is 0 Å². The molecule has 1 fully saturated rings. The highest BCUT2D eigenvalue weighted by molar-refractivity contribution is 5.76. The molecule has 0 saturated heterocycles. The van der Waals surface area contributed by atoms with Crippen LogP contribution in [0, 0.1) is 23.7 Å². The maximum atomic E-state index is 12.5. The van der Waals surface area contributed by atoms with Gasteiger partial charge in [-0.2, -0.15) is 0 Å². The highest BCUT2D eigenvalue weighted by Crippen LogP contribution is 2.51. The predicted octanol–water partition coefficient (Wildman–Crippen LogP) is 3.75. The van der Waals surface area contributed by atoms with Crippen molar-refractivity contribution in [2.75, 3.05) is 7.11 Å². The second-order valence-electron chi connectivity index (χ2n) is 6.79. The zero-order valence-corrected chi connectivity index (χ0v) is 13.8. The maximum absolute atomic E-state index is 12.5. The normalized spacial score (nSPS) is 31.8. The Morgan fingerprint density at radius 3 is 2.54 bits per heavy atom. The number of ether oxygens (including phenoxy) is 3. The Kier molecular flexibility index (Phi) is 4.05. The highest BCUT2D eigenvalue weighted by Gasteiger charge is 2.50. The third-order valence-corrected chi connectivity index (χ3v) is 5.63. The number of benzene rings is 1. The van der Waals surface area contributed by atoms with Crippen molar-refractivity contribution in [3.05, 3.63) is 54.5 Å². The summed E-state index contributed by atoms with van der Waals surface area (Å²) in [5, 5.41) is 0. The van der Waals surface area contributed by atoms with Gasteiger partial charge in [-0.15, -0.1) is 0 Å². The van der Waals surface area contributed by atoms with Crippen molar-refractivity contribution in [1.29, 1.82) is 0 Å². The number of fused-ring (bicyclic) bond motifs is 1. The number of carbonyl (C=O) groups excluding carboxylic acids is 1. The molecule has 4 nitrogen and oxygen atoms in total. The summed E-state index contributed by atoms with van der Waals surface area (Å²) in [6, 6.07) is 10.4. The summed E-state index contributed by atoms with van der Waals surface area (Å²) in [5.74, 6) is 0.402. The van der Waals surface area contributed by atoms with Crippen LogP contribution in [0.15, 0.2) is 48.9 Å². The molecule has 4 heteroatoms. The van der Waals surface area contributed by atoms with Gasteiger partial charge < -0.3 is 14.2 Å². The van der Waals surface area contributed by atoms with E-state index in [4.69, 9.17) is 14.2 Å². The van der Waals surface area contributed by atoms with Gasteiger partial charge in [0.15, 0.2) is 0 Å². The van der Waals surface area contributed by atoms with Crippen LogP contribution in [0.3, 0.4) is 0 Å². The molecule has 3 aliphatic rings. The molecule has 126 valence electrons. The van der Waals surface area contributed by atoms with Crippen LogP contribution in [0.4, 0.5) is 0 Å².